The molecule has 0 saturated carbocycles. The van der Waals surface area contributed by atoms with E-state index in [-0.39, 0.29) is 29.5 Å². The average molecular weight is 788 g/mol. The molecule has 58 heavy (non-hydrogen) atoms. The number of aromatic hydroxyl groups is 1. The van der Waals surface area contributed by atoms with E-state index in [0.29, 0.717) is 35.5 Å². The average Bonchev–Trinajstić information content (AvgIpc) is 3.25. The summed E-state index contributed by atoms with van der Waals surface area (Å²) in [5.41, 5.74) is 4.03. The minimum Gasteiger partial charge on any atom is -0.506 e. The van der Waals surface area contributed by atoms with E-state index < -0.39 is 6.10 Å². The number of unbranched alkanes of at least 4 members (excludes halogenated alkanes) is 4. The molecule has 0 aliphatic carbocycles. The molecule has 3 aliphatic heterocycles. The number of nitrogens with zero attached hydrogens (tertiary/aromatic N) is 1. The van der Waals surface area contributed by atoms with E-state index in [2.05, 4.69) is 45.9 Å². The summed E-state index contributed by atoms with van der Waals surface area (Å²) in [6, 6.07) is 34.6. The Morgan fingerprint density at radius 2 is 1.57 bits per heavy atom. The van der Waals surface area contributed by atoms with E-state index in [9.17, 15) is 19.8 Å². The maximum atomic E-state index is 13.6. The number of hydrogen-bond acceptors (Lipinski definition) is 7. The molecule has 3 aliphatic rings. The maximum Gasteiger partial charge on any atom is 0.408 e. The molecule has 0 radical (unpaired) electrons. The number of hydrogen-bond donors (Lipinski definition) is 5. The molecule has 4 heterocycles. The van der Waals surface area contributed by atoms with Crippen LogP contribution >= 0.6 is 0 Å². The van der Waals surface area contributed by atoms with E-state index in [0.717, 1.165) is 98.8 Å². The highest BCUT2D eigenvalue weighted by Crippen LogP contribution is 2.36. The number of benzene rings is 4. The first-order valence-corrected chi connectivity index (χ1v) is 21.2. The Kier molecular flexibility index (Phi) is 14.1. The van der Waals surface area contributed by atoms with Crippen LogP contribution in [-0.2, 0) is 11.2 Å². The summed E-state index contributed by atoms with van der Waals surface area (Å²) >= 11 is 0. The number of aliphatic hydroxyl groups excluding tert-OH is 1. The summed E-state index contributed by atoms with van der Waals surface area (Å²) in [5, 5.41) is 28.1. The number of ether oxygens (including phenoxy) is 2. The third-order valence-corrected chi connectivity index (χ3v) is 12.2. The van der Waals surface area contributed by atoms with Gasteiger partial charge >= 0.3 is 6.09 Å². The number of aryl methyl sites for hydroxylation is 1. The molecular weight excluding hydrogens is 729 g/mol. The number of aliphatic hydroxyl groups is 1. The number of phenolic OH excluding ortho intramolecular Hbond substituents is 1. The quantitative estimate of drug-likeness (QED) is 0.0400. The Hall–Kier alpha value is -5.16. The number of carbonyl (C=O) groups excluding carboxylic acids is 1. The molecule has 3 saturated heterocycles. The third kappa shape index (κ3) is 10.9. The monoisotopic (exact) mass is 787 g/mol. The van der Waals surface area contributed by atoms with Gasteiger partial charge in [0.25, 0.3) is 0 Å². The number of aromatic nitrogens is 1. The fraction of sp³-hybridized carbons (Fsp3) is 0.417. The van der Waals surface area contributed by atoms with Crippen molar-refractivity contribution in [2.75, 3.05) is 45.9 Å². The Balaban J connectivity index is 0.832. The summed E-state index contributed by atoms with van der Waals surface area (Å²) in [7, 11) is 0. The summed E-state index contributed by atoms with van der Waals surface area (Å²) in [6.07, 6.45) is 8.39. The highest BCUT2D eigenvalue weighted by atomic mass is 16.6. The van der Waals surface area contributed by atoms with Crippen molar-refractivity contribution in [1.82, 2.24) is 15.6 Å². The van der Waals surface area contributed by atoms with E-state index >= 15 is 0 Å². The van der Waals surface area contributed by atoms with Crippen molar-refractivity contribution in [3.8, 4) is 11.5 Å². The second-order valence-electron chi connectivity index (χ2n) is 16.2. The van der Waals surface area contributed by atoms with Crippen LogP contribution in [0.2, 0.25) is 0 Å². The van der Waals surface area contributed by atoms with Crippen molar-refractivity contribution < 1.29 is 29.0 Å². The smallest absolute Gasteiger partial charge is 0.408 e. The zero-order valence-corrected chi connectivity index (χ0v) is 33.5. The van der Waals surface area contributed by atoms with Gasteiger partial charge in [-0.25, -0.2) is 4.79 Å². The molecule has 5 aromatic rings. The number of pyridine rings is 1. The van der Waals surface area contributed by atoms with Gasteiger partial charge in [-0.05, 0) is 72.3 Å². The Morgan fingerprint density at radius 1 is 0.828 bits per heavy atom. The summed E-state index contributed by atoms with van der Waals surface area (Å²) in [6.45, 7) is 6.16. The van der Waals surface area contributed by atoms with Crippen molar-refractivity contribution in [3.63, 3.8) is 0 Å². The lowest BCUT2D eigenvalue weighted by Gasteiger charge is -2.52. The van der Waals surface area contributed by atoms with Gasteiger partial charge in [0.15, 0.2) is 6.10 Å². The van der Waals surface area contributed by atoms with Gasteiger partial charge in [-0.2, -0.15) is 0 Å². The van der Waals surface area contributed by atoms with Crippen LogP contribution < -0.4 is 20.9 Å². The summed E-state index contributed by atoms with van der Waals surface area (Å²) in [5.74, 6) is 1.19. The normalized spacial score (nSPS) is 19.7. The molecule has 4 aromatic carbocycles. The molecule has 1 amide bonds. The zero-order chi connectivity index (χ0) is 40.2. The molecule has 306 valence electrons. The number of carbonyl (C=O) groups is 1. The number of phenols is 1. The van der Waals surface area contributed by atoms with E-state index in [1.165, 1.54) is 30.8 Å². The Bertz CT molecular complexity index is 2120. The number of aromatic amines is 1. The first-order chi connectivity index (χ1) is 28.4. The van der Waals surface area contributed by atoms with Crippen molar-refractivity contribution in [2.45, 2.75) is 76.0 Å². The number of rotatable bonds is 20. The molecular formula is C48H59N4O6+. The lowest BCUT2D eigenvalue weighted by molar-refractivity contribution is -0.946. The van der Waals surface area contributed by atoms with Gasteiger partial charge in [-0.3, -0.25) is 4.79 Å². The van der Waals surface area contributed by atoms with Gasteiger partial charge in [0.1, 0.15) is 18.0 Å². The molecule has 8 rings (SSSR count). The molecule has 1 unspecified atom stereocenters. The minimum absolute atomic E-state index is 0.0160. The fourth-order valence-electron chi connectivity index (χ4n) is 8.98. The molecule has 1 aromatic heterocycles. The lowest BCUT2D eigenvalue weighted by atomic mass is 9.83. The van der Waals surface area contributed by atoms with Crippen molar-refractivity contribution in [3.05, 3.63) is 142 Å². The van der Waals surface area contributed by atoms with Crippen LogP contribution in [0.5, 0.6) is 11.5 Å². The van der Waals surface area contributed by atoms with Gasteiger partial charge in [0.2, 0.25) is 5.56 Å². The Labute approximate surface area is 341 Å². The predicted molar refractivity (Wildman–Crippen MR) is 228 cm³/mol. The number of quaternary nitrogens is 1. The van der Waals surface area contributed by atoms with Crippen molar-refractivity contribution >= 4 is 17.0 Å². The molecule has 10 heteroatoms. The predicted octanol–water partition coefficient (Wildman–Crippen LogP) is 7.94. The molecule has 3 atom stereocenters. The van der Waals surface area contributed by atoms with E-state index in [4.69, 9.17) is 9.47 Å². The second kappa shape index (κ2) is 20.0. The van der Waals surface area contributed by atoms with Crippen LogP contribution in [0.1, 0.15) is 85.8 Å². The summed E-state index contributed by atoms with van der Waals surface area (Å²) in [4.78, 5) is 28.0. The van der Waals surface area contributed by atoms with Crippen molar-refractivity contribution in [2.24, 2.45) is 5.92 Å². The van der Waals surface area contributed by atoms with Crippen LogP contribution in [0.15, 0.2) is 114 Å². The molecule has 10 nitrogen and oxygen atoms in total. The van der Waals surface area contributed by atoms with Crippen LogP contribution in [0.4, 0.5) is 4.79 Å². The highest BCUT2D eigenvalue weighted by Gasteiger charge is 2.47. The fourth-order valence-corrected chi connectivity index (χ4v) is 8.98. The lowest BCUT2D eigenvalue weighted by Crippen LogP contribution is -2.65. The minimum atomic E-state index is -0.762. The molecule has 2 bridgehead atoms. The number of alkyl carbamates (subject to hydrolysis) is 1. The molecule has 0 spiro atoms. The van der Waals surface area contributed by atoms with E-state index in [1.807, 2.05) is 54.6 Å². The van der Waals surface area contributed by atoms with Crippen LogP contribution in [0, 0.1) is 5.92 Å². The molecule has 5 N–H and O–H groups in total. The number of piperidine rings is 3. The highest BCUT2D eigenvalue weighted by molar-refractivity contribution is 5.87. The number of amides is 1. The number of fused-ring (bicyclic) bond motifs is 4. The van der Waals surface area contributed by atoms with Gasteiger partial charge in [0, 0.05) is 43.2 Å². The van der Waals surface area contributed by atoms with Crippen LogP contribution in [0.25, 0.3) is 10.9 Å². The van der Waals surface area contributed by atoms with Crippen LogP contribution in [-0.4, -0.2) is 77.8 Å². The van der Waals surface area contributed by atoms with Gasteiger partial charge in [-0.1, -0.05) is 98.1 Å². The SMILES string of the molecule is O=C(NC(c1ccccc1)c1cccc(OCCCCCCCNC[C@H](O)c2ccc(O)c3[nH]c(=O)ccc23)c1)O[C@H]1C[N+]2(CCCc3ccccc3)CCC1CC2. The van der Waals surface area contributed by atoms with Gasteiger partial charge in [-0.15, -0.1) is 0 Å². The first-order valence-electron chi connectivity index (χ1n) is 21.2. The summed E-state index contributed by atoms with van der Waals surface area (Å²) < 4.78 is 13.5. The van der Waals surface area contributed by atoms with Gasteiger partial charge in [0.05, 0.1) is 43.9 Å². The number of nitrogens with one attached hydrogen (secondary N) is 3. The Morgan fingerprint density at radius 3 is 2.38 bits per heavy atom. The molecule has 3 fully saturated rings. The van der Waals surface area contributed by atoms with Crippen LogP contribution in [0.3, 0.4) is 0 Å². The third-order valence-electron chi connectivity index (χ3n) is 12.2. The standard InChI is InChI=1S/C48H58N4O6/c53-42-23-21-40(41-22-24-45(55)50-47(41)42)43(54)33-49-27-10-2-1-3-11-31-57-39-20-12-19-38(32-39)46(37-17-8-5-9-18-37)51-48(56)58-44-34-52(29-25-36(44)26-30-52)28-13-16-35-14-6-4-7-15-35/h4-9,12,14-15,17-24,32,36,43-44,46,49,54H,1-3,10-11,13,16,25-31,33-34H2,(H2-,50,51,53,55,56)/p+1/t36?,43-,44-,46?,52?/m0/s1. The largest absolute Gasteiger partial charge is 0.506 e. The topological polar surface area (TPSA) is 133 Å². The van der Waals surface area contributed by atoms with Crippen molar-refractivity contribution in [1.29, 1.82) is 0 Å². The zero-order valence-electron chi connectivity index (χ0n) is 33.5. The number of H-pyrrole nitrogens is 1. The van der Waals surface area contributed by atoms with E-state index in [1.54, 1.807) is 12.1 Å². The maximum absolute atomic E-state index is 13.6. The first kappa shape index (κ1) is 41.0. The second-order valence-corrected chi connectivity index (χ2v) is 16.2. The van der Waals surface area contributed by atoms with Gasteiger partial charge < -0.3 is 39.8 Å².